The summed E-state index contributed by atoms with van der Waals surface area (Å²) in [5, 5.41) is 14.1. The third-order valence-electron chi connectivity index (χ3n) is 4.43. The summed E-state index contributed by atoms with van der Waals surface area (Å²) in [6.45, 7) is 3.30. The predicted octanol–water partition coefficient (Wildman–Crippen LogP) is 2.78. The summed E-state index contributed by atoms with van der Waals surface area (Å²) in [5.41, 5.74) is 2.20. The summed E-state index contributed by atoms with van der Waals surface area (Å²) >= 11 is 0. The van der Waals surface area contributed by atoms with E-state index in [4.69, 9.17) is 0 Å². The predicted molar refractivity (Wildman–Crippen MR) is 108 cm³/mol. The summed E-state index contributed by atoms with van der Waals surface area (Å²) in [4.78, 5) is 23.7. The van der Waals surface area contributed by atoms with Crippen LogP contribution in [0.5, 0.6) is 0 Å². The first-order chi connectivity index (χ1) is 13.1. The number of aryl methyl sites for hydroxylation is 2. The van der Waals surface area contributed by atoms with Crippen molar-refractivity contribution < 1.29 is 4.79 Å². The summed E-state index contributed by atoms with van der Waals surface area (Å²) in [7, 11) is 0. The Hall–Kier alpha value is -3.15. The van der Waals surface area contributed by atoms with Crippen LogP contribution >= 0.6 is 0 Å². The van der Waals surface area contributed by atoms with Crippen LogP contribution in [0.15, 0.2) is 53.3 Å². The van der Waals surface area contributed by atoms with Gasteiger partial charge in [0.15, 0.2) is 5.82 Å². The number of hydrogen-bond donors (Lipinski definition) is 3. The van der Waals surface area contributed by atoms with Crippen molar-refractivity contribution in [2.24, 2.45) is 0 Å². The van der Waals surface area contributed by atoms with Gasteiger partial charge in [0.2, 0.25) is 5.91 Å². The highest BCUT2D eigenvalue weighted by atomic mass is 16.1. The van der Waals surface area contributed by atoms with Crippen LogP contribution in [0, 0.1) is 6.92 Å². The van der Waals surface area contributed by atoms with E-state index < -0.39 is 0 Å². The molecule has 0 aliphatic rings. The minimum Gasteiger partial charge on any atom is -0.368 e. The molecule has 3 rings (SSSR count). The van der Waals surface area contributed by atoms with Gasteiger partial charge in [-0.1, -0.05) is 48.0 Å². The normalized spacial score (nSPS) is 10.7. The van der Waals surface area contributed by atoms with Crippen molar-refractivity contribution in [3.8, 4) is 0 Å². The van der Waals surface area contributed by atoms with E-state index in [1.165, 1.54) is 11.1 Å². The van der Waals surface area contributed by atoms with Crippen molar-refractivity contribution in [3.63, 3.8) is 0 Å². The van der Waals surface area contributed by atoms with Gasteiger partial charge in [-0.05, 0) is 31.4 Å². The molecule has 140 valence electrons. The lowest BCUT2D eigenvalue weighted by Gasteiger charge is -2.09. The highest BCUT2D eigenvalue weighted by molar-refractivity contribution is 5.90. The van der Waals surface area contributed by atoms with E-state index in [1.54, 1.807) is 6.07 Å². The fourth-order valence-corrected chi connectivity index (χ4v) is 2.87. The Balaban J connectivity index is 1.39. The molecule has 0 spiro atoms. The molecular weight excluding hydrogens is 340 g/mol. The number of amides is 1. The molecule has 3 N–H and O–H groups in total. The lowest BCUT2D eigenvalue weighted by molar-refractivity contribution is -0.121. The number of benzene rings is 2. The molecule has 1 amide bonds. The molecule has 0 atom stereocenters. The van der Waals surface area contributed by atoms with E-state index >= 15 is 0 Å². The summed E-state index contributed by atoms with van der Waals surface area (Å²) in [6.07, 6.45) is 2.01. The van der Waals surface area contributed by atoms with Crippen molar-refractivity contribution >= 4 is 22.5 Å². The zero-order chi connectivity index (χ0) is 19.1. The van der Waals surface area contributed by atoms with Crippen LogP contribution in [0.3, 0.4) is 0 Å². The Morgan fingerprint density at radius 1 is 1.04 bits per heavy atom. The zero-order valence-electron chi connectivity index (χ0n) is 15.4. The Morgan fingerprint density at radius 2 is 1.78 bits per heavy atom. The largest absolute Gasteiger partial charge is 0.368 e. The van der Waals surface area contributed by atoms with Crippen molar-refractivity contribution in [1.82, 2.24) is 15.5 Å². The first kappa shape index (κ1) is 18.6. The van der Waals surface area contributed by atoms with E-state index in [0.717, 1.165) is 18.2 Å². The van der Waals surface area contributed by atoms with Gasteiger partial charge in [0.1, 0.15) is 0 Å². The Labute approximate surface area is 158 Å². The molecule has 0 unspecified atom stereocenters. The van der Waals surface area contributed by atoms with Crippen LogP contribution in [0.25, 0.3) is 10.8 Å². The molecule has 6 heteroatoms. The quantitative estimate of drug-likeness (QED) is 0.537. The summed E-state index contributed by atoms with van der Waals surface area (Å²) in [6, 6.07) is 15.6. The van der Waals surface area contributed by atoms with Gasteiger partial charge in [0, 0.05) is 24.9 Å². The van der Waals surface area contributed by atoms with E-state index in [9.17, 15) is 9.59 Å². The third kappa shape index (κ3) is 5.17. The number of nitrogens with one attached hydrogen (secondary N) is 3. The lowest BCUT2D eigenvalue weighted by Crippen LogP contribution is -2.26. The standard InChI is InChI=1S/C21H24N4O2/c1-15-7-9-16(10-8-15)11-12-19(26)22-13-4-14-23-20-17-5-2-3-6-18(17)21(27)25-24-20/h2-3,5-10H,4,11-14H2,1H3,(H,22,26)(H,23,24)(H,25,27). The maximum Gasteiger partial charge on any atom is 0.272 e. The molecule has 0 aliphatic carbocycles. The second kappa shape index (κ2) is 8.98. The van der Waals surface area contributed by atoms with Gasteiger partial charge in [-0.25, -0.2) is 5.10 Å². The number of H-pyrrole nitrogens is 1. The number of hydrogen-bond acceptors (Lipinski definition) is 4. The number of anilines is 1. The molecule has 2 aromatic carbocycles. The molecule has 6 nitrogen and oxygen atoms in total. The van der Waals surface area contributed by atoms with Gasteiger partial charge < -0.3 is 10.6 Å². The molecule has 0 saturated heterocycles. The maximum absolute atomic E-state index is 11.9. The van der Waals surface area contributed by atoms with E-state index in [2.05, 4.69) is 52.0 Å². The second-order valence-corrected chi connectivity index (χ2v) is 6.56. The Morgan fingerprint density at radius 3 is 2.56 bits per heavy atom. The van der Waals surface area contributed by atoms with Gasteiger partial charge in [-0.3, -0.25) is 9.59 Å². The molecule has 0 aliphatic heterocycles. The smallest absolute Gasteiger partial charge is 0.272 e. The number of nitrogens with zero attached hydrogens (tertiary/aromatic N) is 1. The molecule has 0 fully saturated rings. The minimum atomic E-state index is -0.197. The van der Waals surface area contributed by atoms with Crippen LogP contribution in [-0.4, -0.2) is 29.2 Å². The minimum absolute atomic E-state index is 0.0585. The molecule has 3 aromatic rings. The second-order valence-electron chi connectivity index (χ2n) is 6.56. The summed E-state index contributed by atoms with van der Waals surface area (Å²) < 4.78 is 0. The lowest BCUT2D eigenvalue weighted by atomic mass is 10.1. The molecule has 27 heavy (non-hydrogen) atoms. The molecule has 0 radical (unpaired) electrons. The van der Waals surface area contributed by atoms with Crippen LogP contribution in [0.2, 0.25) is 0 Å². The van der Waals surface area contributed by atoms with Crippen LogP contribution in [-0.2, 0) is 11.2 Å². The van der Waals surface area contributed by atoms with E-state index in [1.807, 2.05) is 18.2 Å². The number of aromatic nitrogens is 2. The average molecular weight is 364 g/mol. The van der Waals surface area contributed by atoms with E-state index in [-0.39, 0.29) is 11.5 Å². The summed E-state index contributed by atoms with van der Waals surface area (Å²) in [5.74, 6) is 0.707. The van der Waals surface area contributed by atoms with Gasteiger partial charge >= 0.3 is 0 Å². The molecule has 1 aromatic heterocycles. The number of carbonyl (C=O) groups is 1. The van der Waals surface area contributed by atoms with Crippen molar-refractivity contribution in [3.05, 3.63) is 70.0 Å². The van der Waals surface area contributed by atoms with Crippen LogP contribution in [0.4, 0.5) is 5.82 Å². The fourth-order valence-electron chi connectivity index (χ4n) is 2.87. The fraction of sp³-hybridized carbons (Fsp3) is 0.286. The molecular formula is C21H24N4O2. The van der Waals surface area contributed by atoms with E-state index in [0.29, 0.717) is 30.7 Å². The topological polar surface area (TPSA) is 86.9 Å². The number of rotatable bonds is 8. The van der Waals surface area contributed by atoms with Gasteiger partial charge in [-0.2, -0.15) is 5.10 Å². The Kier molecular flexibility index (Phi) is 6.20. The maximum atomic E-state index is 11.9. The molecule has 1 heterocycles. The monoisotopic (exact) mass is 364 g/mol. The van der Waals surface area contributed by atoms with Crippen LogP contribution < -0.4 is 16.2 Å². The highest BCUT2D eigenvalue weighted by Gasteiger charge is 2.05. The average Bonchev–Trinajstić information content (AvgIpc) is 2.69. The highest BCUT2D eigenvalue weighted by Crippen LogP contribution is 2.16. The van der Waals surface area contributed by atoms with Gasteiger partial charge in [0.25, 0.3) is 5.56 Å². The first-order valence-corrected chi connectivity index (χ1v) is 9.17. The van der Waals surface area contributed by atoms with Crippen LogP contribution in [0.1, 0.15) is 24.0 Å². The van der Waals surface area contributed by atoms with Crippen molar-refractivity contribution in [2.75, 3.05) is 18.4 Å². The number of carbonyl (C=O) groups excluding carboxylic acids is 1. The first-order valence-electron chi connectivity index (χ1n) is 9.17. The third-order valence-corrected chi connectivity index (χ3v) is 4.43. The van der Waals surface area contributed by atoms with Gasteiger partial charge in [0.05, 0.1) is 5.39 Å². The zero-order valence-corrected chi connectivity index (χ0v) is 15.4. The Bertz CT molecular complexity index is 964. The molecule has 0 bridgehead atoms. The number of aromatic amines is 1. The molecule has 0 saturated carbocycles. The van der Waals surface area contributed by atoms with Crippen molar-refractivity contribution in [1.29, 1.82) is 0 Å². The SMILES string of the molecule is Cc1ccc(CCC(=O)NCCCNc2n[nH]c(=O)c3ccccc23)cc1. The van der Waals surface area contributed by atoms with Crippen molar-refractivity contribution in [2.45, 2.75) is 26.2 Å². The number of fused-ring (bicyclic) bond motifs is 1. The van der Waals surface area contributed by atoms with Gasteiger partial charge in [-0.15, -0.1) is 0 Å².